The van der Waals surface area contributed by atoms with E-state index in [0.29, 0.717) is 24.5 Å². The number of amidine groups is 1. The average Bonchev–Trinajstić information content (AvgIpc) is 3.22. The molecule has 2 aromatic rings. The molecule has 1 saturated carbocycles. The van der Waals surface area contributed by atoms with Gasteiger partial charge < -0.3 is 10.5 Å². The minimum Gasteiger partial charge on any atom is -0.462 e. The molecule has 3 unspecified atom stereocenters. The van der Waals surface area contributed by atoms with E-state index >= 15 is 0 Å². The van der Waals surface area contributed by atoms with Crippen LogP contribution in [0.4, 0.5) is 0 Å². The summed E-state index contributed by atoms with van der Waals surface area (Å²) in [4.78, 5) is 13.3. The molecule has 3 aliphatic rings. The Kier molecular flexibility index (Phi) is 4.14. The van der Waals surface area contributed by atoms with Crippen LogP contribution in [0.2, 0.25) is 0 Å². The van der Waals surface area contributed by atoms with Crippen LogP contribution in [0, 0.1) is 23.7 Å². The van der Waals surface area contributed by atoms with Crippen molar-refractivity contribution in [1.82, 2.24) is 9.97 Å². The number of fused-ring (bicyclic) bond motifs is 2. The maximum absolute atomic E-state index is 6.05. The minimum absolute atomic E-state index is 0.336. The van der Waals surface area contributed by atoms with Crippen LogP contribution >= 0.6 is 0 Å². The largest absolute Gasteiger partial charge is 0.462 e. The van der Waals surface area contributed by atoms with Crippen LogP contribution < -0.4 is 5.73 Å². The molecule has 2 heterocycles. The van der Waals surface area contributed by atoms with Gasteiger partial charge in [-0.25, -0.2) is 15.0 Å². The molecule has 5 heteroatoms. The quantitative estimate of drug-likeness (QED) is 0.862. The molecule has 2 N–H and O–H groups in total. The normalized spacial score (nSPS) is 34.1. The number of rotatable bonds is 2. The van der Waals surface area contributed by atoms with E-state index in [1.165, 1.54) is 30.4 Å². The standard InChI is InChI=1S/C23H28N4O/c1-14-5-15(2)7-18(6-14)21-9-17-4-3-16(19-10-25-13-26-11-19)8-20(17)23(21)12-28-22(24)27-23/h3-4,8,10-11,13-15,18,21H,5-7,9,12H2,1-2H3,(H2,24,27)/t14-,15+,18?,21?,23?. The van der Waals surface area contributed by atoms with Crippen LogP contribution in [0.3, 0.4) is 0 Å². The number of nitrogens with zero attached hydrogens (tertiary/aromatic N) is 3. The number of hydrogen-bond donors (Lipinski definition) is 1. The molecule has 5 nitrogen and oxygen atoms in total. The van der Waals surface area contributed by atoms with Crippen LogP contribution in [-0.4, -0.2) is 22.6 Å². The highest BCUT2D eigenvalue weighted by atomic mass is 16.5. The van der Waals surface area contributed by atoms with Gasteiger partial charge in [0.15, 0.2) is 0 Å². The first-order valence-corrected chi connectivity index (χ1v) is 10.4. The zero-order chi connectivity index (χ0) is 19.3. The summed E-state index contributed by atoms with van der Waals surface area (Å²) >= 11 is 0. The minimum atomic E-state index is -0.341. The lowest BCUT2D eigenvalue weighted by Gasteiger charge is -2.40. The molecule has 1 aromatic carbocycles. The topological polar surface area (TPSA) is 73.4 Å². The third-order valence-electron chi connectivity index (χ3n) is 7.06. The second kappa shape index (κ2) is 6.57. The van der Waals surface area contributed by atoms with E-state index in [4.69, 9.17) is 15.5 Å². The predicted molar refractivity (Wildman–Crippen MR) is 110 cm³/mol. The van der Waals surface area contributed by atoms with E-state index in [9.17, 15) is 0 Å². The second-order valence-corrected chi connectivity index (χ2v) is 9.15. The number of benzene rings is 1. The Balaban J connectivity index is 1.58. The van der Waals surface area contributed by atoms with Crippen molar-refractivity contribution in [3.63, 3.8) is 0 Å². The molecule has 0 radical (unpaired) electrons. The Morgan fingerprint density at radius 1 is 1.04 bits per heavy atom. The summed E-state index contributed by atoms with van der Waals surface area (Å²) in [5.41, 5.74) is 10.5. The smallest absolute Gasteiger partial charge is 0.283 e. The van der Waals surface area contributed by atoms with Crippen LogP contribution in [0.15, 0.2) is 41.9 Å². The summed E-state index contributed by atoms with van der Waals surface area (Å²) in [5.74, 6) is 2.66. The Hall–Kier alpha value is -2.43. The van der Waals surface area contributed by atoms with E-state index in [0.717, 1.165) is 29.4 Å². The van der Waals surface area contributed by atoms with Crippen molar-refractivity contribution >= 4 is 6.02 Å². The Morgan fingerprint density at radius 2 is 1.79 bits per heavy atom. The molecular formula is C23H28N4O. The first-order valence-electron chi connectivity index (χ1n) is 10.4. The van der Waals surface area contributed by atoms with Gasteiger partial charge in [0.1, 0.15) is 18.5 Å². The van der Waals surface area contributed by atoms with Crippen LogP contribution in [0.5, 0.6) is 0 Å². The van der Waals surface area contributed by atoms with Gasteiger partial charge in [-0.05, 0) is 72.1 Å². The summed E-state index contributed by atoms with van der Waals surface area (Å²) in [6.07, 6.45) is 10.2. The SMILES string of the molecule is C[C@@H]1CC(C2Cc3ccc(-c4cncnc4)cc3C23COC(N)=N3)C[C@H](C)C1. The summed E-state index contributed by atoms with van der Waals surface area (Å²) in [7, 11) is 0. The number of ether oxygens (including phenoxy) is 1. The maximum atomic E-state index is 6.05. The molecule has 0 saturated heterocycles. The fourth-order valence-electron chi connectivity index (χ4n) is 6.06. The molecule has 5 rings (SSSR count). The highest BCUT2D eigenvalue weighted by molar-refractivity contribution is 5.75. The Bertz CT molecular complexity index is 902. The van der Waals surface area contributed by atoms with Crippen LogP contribution in [0.25, 0.3) is 11.1 Å². The van der Waals surface area contributed by atoms with Crippen molar-refractivity contribution in [2.24, 2.45) is 34.4 Å². The summed E-state index contributed by atoms with van der Waals surface area (Å²) in [6.45, 7) is 5.35. The Morgan fingerprint density at radius 3 is 2.46 bits per heavy atom. The maximum Gasteiger partial charge on any atom is 0.283 e. The summed E-state index contributed by atoms with van der Waals surface area (Å²) < 4.78 is 5.77. The molecule has 1 fully saturated rings. The van der Waals surface area contributed by atoms with Gasteiger partial charge >= 0.3 is 0 Å². The van der Waals surface area contributed by atoms with Crippen molar-refractivity contribution in [2.75, 3.05) is 6.61 Å². The molecule has 28 heavy (non-hydrogen) atoms. The zero-order valence-corrected chi connectivity index (χ0v) is 16.6. The molecule has 0 amide bonds. The zero-order valence-electron chi connectivity index (χ0n) is 16.6. The van der Waals surface area contributed by atoms with E-state index in [2.05, 4.69) is 42.0 Å². The molecule has 0 bridgehead atoms. The number of nitrogens with two attached hydrogens (primary N) is 1. The van der Waals surface area contributed by atoms with Gasteiger partial charge in [0, 0.05) is 18.0 Å². The van der Waals surface area contributed by atoms with E-state index in [-0.39, 0.29) is 5.54 Å². The lowest BCUT2D eigenvalue weighted by atomic mass is 9.66. The predicted octanol–water partition coefficient (Wildman–Crippen LogP) is 3.93. The van der Waals surface area contributed by atoms with E-state index in [1.807, 2.05) is 12.4 Å². The van der Waals surface area contributed by atoms with Crippen molar-refractivity contribution in [1.29, 1.82) is 0 Å². The third kappa shape index (κ3) is 2.79. The van der Waals surface area contributed by atoms with E-state index < -0.39 is 0 Å². The van der Waals surface area contributed by atoms with Gasteiger partial charge in [0.2, 0.25) is 0 Å². The lowest BCUT2D eigenvalue weighted by molar-refractivity contribution is 0.0950. The van der Waals surface area contributed by atoms with Crippen molar-refractivity contribution in [3.05, 3.63) is 48.0 Å². The average molecular weight is 377 g/mol. The Labute approximate surface area is 166 Å². The number of hydrogen-bond acceptors (Lipinski definition) is 5. The highest BCUT2D eigenvalue weighted by Crippen LogP contribution is 2.54. The lowest BCUT2D eigenvalue weighted by Crippen LogP contribution is -2.39. The van der Waals surface area contributed by atoms with Gasteiger partial charge in [-0.1, -0.05) is 26.0 Å². The molecule has 5 atom stereocenters. The van der Waals surface area contributed by atoms with Gasteiger partial charge in [-0.2, -0.15) is 0 Å². The van der Waals surface area contributed by atoms with Crippen LogP contribution in [0.1, 0.15) is 44.2 Å². The number of aromatic nitrogens is 2. The third-order valence-corrected chi connectivity index (χ3v) is 7.06. The van der Waals surface area contributed by atoms with Crippen molar-refractivity contribution in [3.8, 4) is 11.1 Å². The fourth-order valence-corrected chi connectivity index (χ4v) is 6.06. The second-order valence-electron chi connectivity index (χ2n) is 9.15. The van der Waals surface area contributed by atoms with Crippen molar-refractivity contribution < 1.29 is 4.74 Å². The molecule has 1 aromatic heterocycles. The van der Waals surface area contributed by atoms with E-state index in [1.54, 1.807) is 6.33 Å². The molecule has 1 aliphatic heterocycles. The molecule has 1 spiro atoms. The van der Waals surface area contributed by atoms with Gasteiger partial charge in [-0.3, -0.25) is 0 Å². The highest BCUT2D eigenvalue weighted by Gasteiger charge is 2.54. The first kappa shape index (κ1) is 17.7. The first-order chi connectivity index (χ1) is 13.5. The van der Waals surface area contributed by atoms with Crippen LogP contribution in [-0.2, 0) is 16.7 Å². The van der Waals surface area contributed by atoms with Gasteiger partial charge in [-0.15, -0.1) is 0 Å². The summed E-state index contributed by atoms with van der Waals surface area (Å²) in [6, 6.07) is 7.06. The van der Waals surface area contributed by atoms with Gasteiger partial charge in [0.05, 0.1) is 0 Å². The van der Waals surface area contributed by atoms with Crippen molar-refractivity contribution in [2.45, 2.75) is 45.1 Å². The summed E-state index contributed by atoms with van der Waals surface area (Å²) in [5, 5.41) is 0. The molecule has 2 aliphatic carbocycles. The van der Waals surface area contributed by atoms with Gasteiger partial charge in [0.25, 0.3) is 6.02 Å². The molecule has 146 valence electrons. The number of aliphatic imine (C=N–C) groups is 1. The fraction of sp³-hybridized carbons (Fsp3) is 0.522. The molecular weight excluding hydrogens is 348 g/mol. The monoisotopic (exact) mass is 376 g/mol.